The lowest BCUT2D eigenvalue weighted by atomic mass is 10.2. The highest BCUT2D eigenvalue weighted by Gasteiger charge is 2.09. The van der Waals surface area contributed by atoms with Crippen molar-refractivity contribution in [1.82, 2.24) is 9.97 Å². The molecule has 0 unspecified atom stereocenters. The fourth-order valence-electron chi connectivity index (χ4n) is 1.36. The molecule has 0 N–H and O–H groups in total. The first-order chi connectivity index (χ1) is 7.59. The van der Waals surface area contributed by atoms with Crippen LogP contribution in [0.2, 0.25) is 0 Å². The number of hydrogen-bond acceptors (Lipinski definition) is 2. The maximum absolute atomic E-state index is 4.49. The molecule has 16 heavy (non-hydrogen) atoms. The zero-order chi connectivity index (χ0) is 11.7. The average molecular weight is 342 g/mol. The van der Waals surface area contributed by atoms with Crippen LogP contribution in [0.4, 0.5) is 0 Å². The molecule has 2 rings (SSSR count). The fourth-order valence-corrected chi connectivity index (χ4v) is 2.27. The van der Waals surface area contributed by atoms with E-state index in [1.54, 1.807) is 0 Å². The Hall–Kier alpha value is -0.740. The summed E-state index contributed by atoms with van der Waals surface area (Å²) in [6.45, 7) is 3.99. The van der Waals surface area contributed by atoms with Crippen molar-refractivity contribution in [3.8, 4) is 11.4 Å². The summed E-state index contributed by atoms with van der Waals surface area (Å²) in [4.78, 5) is 8.93. The average Bonchev–Trinajstić information content (AvgIpc) is 2.26. The molecule has 2 aromatic rings. The minimum atomic E-state index is 0.738. The summed E-state index contributed by atoms with van der Waals surface area (Å²) in [5.41, 5.74) is 3.08. The second kappa shape index (κ2) is 4.63. The van der Waals surface area contributed by atoms with E-state index in [2.05, 4.69) is 41.8 Å². The Balaban J connectivity index is 2.62. The van der Waals surface area contributed by atoms with Gasteiger partial charge in [0.2, 0.25) is 0 Å². The Morgan fingerprint density at radius 2 is 1.69 bits per heavy atom. The van der Waals surface area contributed by atoms with E-state index in [-0.39, 0.29) is 0 Å². The molecule has 1 aromatic carbocycles. The first-order valence-corrected chi connectivity index (χ1v) is 6.44. The first kappa shape index (κ1) is 11.7. The van der Waals surface area contributed by atoms with Gasteiger partial charge >= 0.3 is 0 Å². The molecule has 0 aliphatic heterocycles. The molecule has 0 aliphatic rings. The molecule has 0 bridgehead atoms. The molecule has 82 valence electrons. The van der Waals surface area contributed by atoms with E-state index in [1.165, 1.54) is 0 Å². The van der Waals surface area contributed by atoms with Crippen LogP contribution in [0.5, 0.6) is 0 Å². The minimum absolute atomic E-state index is 0.738. The van der Waals surface area contributed by atoms with Crippen LogP contribution >= 0.6 is 31.9 Å². The van der Waals surface area contributed by atoms with Crippen LogP contribution < -0.4 is 0 Å². The number of aryl methyl sites for hydroxylation is 1. The van der Waals surface area contributed by atoms with Crippen molar-refractivity contribution in [2.24, 2.45) is 0 Å². The maximum atomic E-state index is 4.49. The highest BCUT2D eigenvalue weighted by molar-refractivity contribution is 9.10. The lowest BCUT2D eigenvalue weighted by Gasteiger charge is -2.07. The zero-order valence-electron chi connectivity index (χ0n) is 8.96. The zero-order valence-corrected chi connectivity index (χ0v) is 12.1. The number of benzene rings is 1. The molecular formula is C12H10Br2N2. The summed E-state index contributed by atoms with van der Waals surface area (Å²) in [5, 5.41) is 0. The molecule has 0 aliphatic carbocycles. The lowest BCUT2D eigenvalue weighted by Crippen LogP contribution is -1.97. The third kappa shape index (κ3) is 2.18. The van der Waals surface area contributed by atoms with E-state index >= 15 is 0 Å². The van der Waals surface area contributed by atoms with Gasteiger partial charge in [0.1, 0.15) is 4.60 Å². The van der Waals surface area contributed by atoms with Crippen molar-refractivity contribution in [2.45, 2.75) is 13.8 Å². The Morgan fingerprint density at radius 1 is 1.00 bits per heavy atom. The third-order valence-corrected chi connectivity index (χ3v) is 3.91. The quantitative estimate of drug-likeness (QED) is 0.723. The topological polar surface area (TPSA) is 25.8 Å². The Labute approximate surface area is 111 Å². The summed E-state index contributed by atoms with van der Waals surface area (Å²) in [6.07, 6.45) is 0. The van der Waals surface area contributed by atoms with Gasteiger partial charge in [-0.15, -0.1) is 0 Å². The van der Waals surface area contributed by atoms with Gasteiger partial charge < -0.3 is 0 Å². The summed E-state index contributed by atoms with van der Waals surface area (Å²) in [7, 11) is 0. The SMILES string of the molecule is Cc1nc(-c2ccccc2Br)nc(Br)c1C. The van der Waals surface area contributed by atoms with Gasteiger partial charge in [-0.05, 0) is 35.8 Å². The van der Waals surface area contributed by atoms with Gasteiger partial charge in [0.05, 0.1) is 0 Å². The van der Waals surface area contributed by atoms with Crippen molar-refractivity contribution < 1.29 is 0 Å². The van der Waals surface area contributed by atoms with Gasteiger partial charge in [-0.25, -0.2) is 9.97 Å². The standard InChI is InChI=1S/C12H10Br2N2/c1-7-8(2)15-12(16-11(7)14)9-5-3-4-6-10(9)13/h3-6H,1-2H3. The van der Waals surface area contributed by atoms with Crippen molar-refractivity contribution in [3.63, 3.8) is 0 Å². The summed E-state index contributed by atoms with van der Waals surface area (Å²) >= 11 is 6.96. The molecular weight excluding hydrogens is 332 g/mol. The van der Waals surface area contributed by atoms with E-state index in [9.17, 15) is 0 Å². The van der Waals surface area contributed by atoms with E-state index < -0.39 is 0 Å². The predicted molar refractivity (Wildman–Crippen MR) is 72.3 cm³/mol. The fraction of sp³-hybridized carbons (Fsp3) is 0.167. The lowest BCUT2D eigenvalue weighted by molar-refractivity contribution is 1.05. The number of rotatable bonds is 1. The number of aromatic nitrogens is 2. The van der Waals surface area contributed by atoms with Crippen LogP contribution in [0.3, 0.4) is 0 Å². The molecule has 0 spiro atoms. The highest BCUT2D eigenvalue weighted by atomic mass is 79.9. The molecule has 0 saturated heterocycles. The van der Waals surface area contributed by atoms with Crippen molar-refractivity contribution >= 4 is 31.9 Å². The molecule has 0 radical (unpaired) electrons. The Morgan fingerprint density at radius 3 is 2.31 bits per heavy atom. The highest BCUT2D eigenvalue weighted by Crippen LogP contribution is 2.27. The number of hydrogen-bond donors (Lipinski definition) is 0. The summed E-state index contributed by atoms with van der Waals surface area (Å²) in [5.74, 6) is 0.738. The monoisotopic (exact) mass is 340 g/mol. The van der Waals surface area contributed by atoms with E-state index in [1.807, 2.05) is 38.1 Å². The van der Waals surface area contributed by atoms with Gasteiger partial charge in [-0.1, -0.05) is 34.1 Å². The molecule has 0 saturated carbocycles. The Bertz CT molecular complexity index is 515. The van der Waals surface area contributed by atoms with Crippen molar-refractivity contribution in [2.75, 3.05) is 0 Å². The molecule has 1 aromatic heterocycles. The van der Waals surface area contributed by atoms with Gasteiger partial charge in [-0.3, -0.25) is 0 Å². The molecule has 0 atom stereocenters. The Kier molecular flexibility index (Phi) is 3.40. The normalized spacial score (nSPS) is 10.5. The van der Waals surface area contributed by atoms with Gasteiger partial charge in [0.25, 0.3) is 0 Å². The van der Waals surface area contributed by atoms with E-state index in [4.69, 9.17) is 0 Å². The van der Waals surface area contributed by atoms with E-state index in [0.717, 1.165) is 31.7 Å². The number of nitrogens with zero attached hydrogens (tertiary/aromatic N) is 2. The molecule has 0 amide bonds. The van der Waals surface area contributed by atoms with Crippen LogP contribution in [0.1, 0.15) is 11.3 Å². The maximum Gasteiger partial charge on any atom is 0.161 e. The van der Waals surface area contributed by atoms with Gasteiger partial charge in [0.15, 0.2) is 5.82 Å². The van der Waals surface area contributed by atoms with Crippen molar-refractivity contribution in [1.29, 1.82) is 0 Å². The van der Waals surface area contributed by atoms with Crippen LogP contribution in [-0.4, -0.2) is 9.97 Å². The molecule has 2 nitrogen and oxygen atoms in total. The van der Waals surface area contributed by atoms with Crippen LogP contribution in [0, 0.1) is 13.8 Å². The van der Waals surface area contributed by atoms with E-state index in [0.29, 0.717) is 0 Å². The second-order valence-electron chi connectivity index (χ2n) is 3.53. The third-order valence-electron chi connectivity index (χ3n) is 2.44. The first-order valence-electron chi connectivity index (χ1n) is 4.85. The molecule has 1 heterocycles. The second-order valence-corrected chi connectivity index (χ2v) is 5.13. The largest absolute Gasteiger partial charge is 0.233 e. The van der Waals surface area contributed by atoms with Crippen molar-refractivity contribution in [3.05, 3.63) is 44.6 Å². The van der Waals surface area contributed by atoms with Gasteiger partial charge in [-0.2, -0.15) is 0 Å². The summed E-state index contributed by atoms with van der Waals surface area (Å²) < 4.78 is 1.86. The predicted octanol–water partition coefficient (Wildman–Crippen LogP) is 4.29. The van der Waals surface area contributed by atoms with Gasteiger partial charge in [0, 0.05) is 21.3 Å². The minimum Gasteiger partial charge on any atom is -0.233 e. The van der Waals surface area contributed by atoms with Crippen LogP contribution in [0.25, 0.3) is 11.4 Å². The molecule has 0 fully saturated rings. The number of halogens is 2. The smallest absolute Gasteiger partial charge is 0.161 e. The summed E-state index contributed by atoms with van der Waals surface area (Å²) in [6, 6.07) is 7.94. The van der Waals surface area contributed by atoms with Crippen LogP contribution in [0.15, 0.2) is 33.3 Å². The van der Waals surface area contributed by atoms with Crippen LogP contribution in [-0.2, 0) is 0 Å². The molecule has 4 heteroatoms.